The Hall–Kier alpha value is -6.39. The van der Waals surface area contributed by atoms with Crippen molar-refractivity contribution in [3.05, 3.63) is 176 Å². The maximum absolute atomic E-state index is 7.70. The van der Waals surface area contributed by atoms with Crippen LogP contribution in [0.25, 0.3) is 60.5 Å². The summed E-state index contributed by atoms with van der Waals surface area (Å²) in [6.07, 6.45) is 9.05. The normalized spacial score (nSPS) is 12.5. The van der Waals surface area contributed by atoms with Crippen molar-refractivity contribution in [3.8, 4) is 33.4 Å². The Morgan fingerprint density at radius 3 is 1.47 bits per heavy atom. The quantitative estimate of drug-likeness (QED) is 0.106. The average Bonchev–Trinajstić information content (AvgIpc) is 3.13. The van der Waals surface area contributed by atoms with Crippen LogP contribution < -0.4 is 5.73 Å². The number of aromatic nitrogens is 1. The van der Waals surface area contributed by atoms with Crippen molar-refractivity contribution in [2.45, 2.75) is 0 Å². The van der Waals surface area contributed by atoms with Gasteiger partial charge in [-0.3, -0.25) is 15.8 Å². The molecule has 4 N–H and O–H groups in total. The summed E-state index contributed by atoms with van der Waals surface area (Å²) >= 11 is 0. The monoisotopic (exact) mass is 604 g/mol. The number of rotatable bonds is 4. The predicted molar refractivity (Wildman–Crippen MR) is 199 cm³/mol. The van der Waals surface area contributed by atoms with Crippen molar-refractivity contribution in [1.29, 1.82) is 10.8 Å². The second-order valence-corrected chi connectivity index (χ2v) is 11.4. The van der Waals surface area contributed by atoms with Gasteiger partial charge in [0.05, 0.1) is 11.4 Å². The molecule has 4 heteroatoms. The van der Waals surface area contributed by atoms with E-state index in [4.69, 9.17) is 16.6 Å². The largest absolute Gasteiger partial charge is 0.399 e. The van der Waals surface area contributed by atoms with Crippen LogP contribution in [0.1, 0.15) is 5.56 Å². The predicted octanol–water partition coefficient (Wildman–Crippen LogP) is 10.7. The number of nitrogens with one attached hydrogen (secondary N) is 2. The zero-order chi connectivity index (χ0) is 32.2. The van der Waals surface area contributed by atoms with Crippen LogP contribution in [0.3, 0.4) is 0 Å². The molecule has 47 heavy (non-hydrogen) atoms. The molecule has 8 rings (SSSR count). The van der Waals surface area contributed by atoms with Gasteiger partial charge in [-0.2, -0.15) is 0 Å². The van der Waals surface area contributed by atoms with Gasteiger partial charge >= 0.3 is 0 Å². The minimum absolute atomic E-state index is 0.259. The minimum atomic E-state index is 0.259. The van der Waals surface area contributed by atoms with Crippen LogP contribution in [0.2, 0.25) is 0 Å². The Morgan fingerprint density at radius 1 is 0.426 bits per heavy atom. The van der Waals surface area contributed by atoms with Crippen molar-refractivity contribution >= 4 is 44.2 Å². The average molecular weight is 605 g/mol. The first kappa shape index (κ1) is 29.3. The summed E-state index contributed by atoms with van der Waals surface area (Å²) in [5.74, 6) is 0. The van der Waals surface area contributed by atoms with E-state index in [9.17, 15) is 0 Å². The molecule has 1 aliphatic rings. The third kappa shape index (κ3) is 6.00. The number of hydrogen-bond donors (Lipinski definition) is 3. The van der Waals surface area contributed by atoms with E-state index in [2.05, 4.69) is 108 Å². The van der Waals surface area contributed by atoms with Gasteiger partial charge in [0.1, 0.15) is 0 Å². The van der Waals surface area contributed by atoms with Crippen molar-refractivity contribution in [2.24, 2.45) is 0 Å². The smallest absolute Gasteiger partial charge is 0.0795 e. The van der Waals surface area contributed by atoms with Crippen LogP contribution in [0.15, 0.2) is 170 Å². The molecule has 0 saturated heterocycles. The second kappa shape index (κ2) is 12.9. The molecule has 1 aliphatic carbocycles. The molecule has 0 bridgehead atoms. The van der Waals surface area contributed by atoms with Crippen LogP contribution >= 0.6 is 0 Å². The van der Waals surface area contributed by atoms with E-state index in [1.165, 1.54) is 49.4 Å². The molecule has 224 valence electrons. The Bertz CT molecular complexity index is 2240. The van der Waals surface area contributed by atoms with Gasteiger partial charge in [-0.1, -0.05) is 127 Å². The molecule has 0 saturated carbocycles. The van der Waals surface area contributed by atoms with Gasteiger partial charge in [0.2, 0.25) is 0 Å². The Kier molecular flexibility index (Phi) is 8.06. The molecule has 0 unspecified atom stereocenters. The first-order chi connectivity index (χ1) is 23.1. The molecule has 0 amide bonds. The highest BCUT2D eigenvalue weighted by Crippen LogP contribution is 2.43. The first-order valence-corrected chi connectivity index (χ1v) is 15.5. The van der Waals surface area contributed by atoms with E-state index >= 15 is 0 Å². The van der Waals surface area contributed by atoms with Gasteiger partial charge in [-0.25, -0.2) is 0 Å². The van der Waals surface area contributed by atoms with Crippen LogP contribution in [0.4, 0.5) is 5.69 Å². The minimum Gasteiger partial charge on any atom is -0.399 e. The molecule has 0 atom stereocenters. The number of hydrogen-bond acceptors (Lipinski definition) is 4. The summed E-state index contributed by atoms with van der Waals surface area (Å²) < 4.78 is 0. The number of pyridine rings is 1. The van der Waals surface area contributed by atoms with Crippen molar-refractivity contribution < 1.29 is 0 Å². The van der Waals surface area contributed by atoms with E-state index in [1.54, 1.807) is 12.2 Å². The summed E-state index contributed by atoms with van der Waals surface area (Å²) in [5.41, 5.74) is 16.4. The molecule has 0 spiro atoms. The summed E-state index contributed by atoms with van der Waals surface area (Å²) in [6, 6.07) is 48.0. The molecule has 0 radical (unpaired) electrons. The fourth-order valence-corrected chi connectivity index (χ4v) is 6.12. The van der Waals surface area contributed by atoms with Crippen LogP contribution in [0.5, 0.6) is 0 Å². The molecule has 1 aromatic heterocycles. The van der Waals surface area contributed by atoms with Crippen molar-refractivity contribution in [2.75, 3.05) is 5.73 Å². The highest BCUT2D eigenvalue weighted by molar-refractivity contribution is 6.50. The molecule has 0 aliphatic heterocycles. The number of nitrogens with zero attached hydrogens (tertiary/aromatic N) is 1. The van der Waals surface area contributed by atoms with E-state index in [-0.39, 0.29) is 11.4 Å². The SMILES string of the molecule is N=C1C=CC(c2ccc(-c3ccccc3)cc2)=CC1=N.Nc1ccc(-c2c3ccccc3c(-c3cccnc3)c3ccccc23)cc1. The number of nitrogen functional groups attached to an aromatic ring is 1. The lowest BCUT2D eigenvalue weighted by Crippen LogP contribution is -2.09. The zero-order valence-corrected chi connectivity index (χ0v) is 25.7. The van der Waals surface area contributed by atoms with Gasteiger partial charge in [-0.05, 0) is 90.8 Å². The standard InChI is InChI=1S/C25H18N2.C18H14N2/c26-19-13-11-17(12-14-19)24-20-7-1-3-9-22(20)25(18-6-5-15-27-16-18)23-10-4-2-8-21(23)24;19-17-11-10-16(12-18(17)20)15-8-6-14(7-9-15)13-4-2-1-3-5-13/h1-16H,26H2;1-12,19-20H. The lowest BCUT2D eigenvalue weighted by atomic mass is 9.86. The topological polar surface area (TPSA) is 86.6 Å². The summed E-state index contributed by atoms with van der Waals surface area (Å²) in [7, 11) is 0. The number of fused-ring (bicyclic) bond motifs is 2. The Labute approximate surface area is 274 Å². The van der Waals surface area contributed by atoms with Crippen LogP contribution in [-0.4, -0.2) is 16.4 Å². The fraction of sp³-hybridized carbons (Fsp3) is 0. The molecular weight excluding hydrogens is 573 g/mol. The number of allylic oxidation sites excluding steroid dienone is 4. The van der Waals surface area contributed by atoms with Gasteiger partial charge < -0.3 is 5.73 Å². The lowest BCUT2D eigenvalue weighted by molar-refractivity contribution is 1.33. The third-order valence-electron chi connectivity index (χ3n) is 8.43. The van der Waals surface area contributed by atoms with E-state index in [0.717, 1.165) is 22.4 Å². The van der Waals surface area contributed by atoms with Crippen molar-refractivity contribution in [3.63, 3.8) is 0 Å². The van der Waals surface area contributed by atoms with Crippen LogP contribution in [0, 0.1) is 10.8 Å². The maximum Gasteiger partial charge on any atom is 0.0795 e. The van der Waals surface area contributed by atoms with E-state index in [1.807, 2.05) is 54.9 Å². The molecule has 1 heterocycles. The summed E-state index contributed by atoms with van der Waals surface area (Å²) in [6.45, 7) is 0. The second-order valence-electron chi connectivity index (χ2n) is 11.4. The van der Waals surface area contributed by atoms with Gasteiger partial charge in [-0.15, -0.1) is 0 Å². The van der Waals surface area contributed by atoms with Gasteiger partial charge in [0.25, 0.3) is 0 Å². The van der Waals surface area contributed by atoms with Crippen LogP contribution in [-0.2, 0) is 0 Å². The summed E-state index contributed by atoms with van der Waals surface area (Å²) in [5, 5.41) is 20.2. The number of anilines is 1. The number of nitrogens with two attached hydrogens (primary N) is 1. The highest BCUT2D eigenvalue weighted by atomic mass is 14.6. The van der Waals surface area contributed by atoms with Gasteiger partial charge in [0.15, 0.2) is 0 Å². The molecular formula is C43H32N4. The zero-order valence-electron chi connectivity index (χ0n) is 25.7. The molecule has 4 nitrogen and oxygen atoms in total. The van der Waals surface area contributed by atoms with Gasteiger partial charge in [0, 0.05) is 23.6 Å². The molecule has 7 aromatic rings. The third-order valence-corrected chi connectivity index (χ3v) is 8.43. The molecule has 0 fully saturated rings. The summed E-state index contributed by atoms with van der Waals surface area (Å²) in [4.78, 5) is 4.35. The Morgan fingerprint density at radius 2 is 0.915 bits per heavy atom. The maximum atomic E-state index is 7.70. The molecule has 6 aromatic carbocycles. The van der Waals surface area contributed by atoms with E-state index in [0.29, 0.717) is 0 Å². The number of benzene rings is 6. The first-order valence-electron chi connectivity index (χ1n) is 15.5. The van der Waals surface area contributed by atoms with E-state index < -0.39 is 0 Å². The fourth-order valence-electron chi connectivity index (χ4n) is 6.12. The Balaban J connectivity index is 0.000000157. The lowest BCUT2D eigenvalue weighted by Gasteiger charge is -2.17. The highest BCUT2D eigenvalue weighted by Gasteiger charge is 2.16. The van der Waals surface area contributed by atoms with Crippen molar-refractivity contribution in [1.82, 2.24) is 4.98 Å².